The molecule has 0 aliphatic carbocycles. The van der Waals surface area contributed by atoms with Gasteiger partial charge in [-0.15, -0.1) is 11.3 Å². The molecule has 2 aromatic rings. The maximum Gasteiger partial charge on any atom is 0.225 e. The van der Waals surface area contributed by atoms with Gasteiger partial charge in [0.05, 0.1) is 11.4 Å². The van der Waals surface area contributed by atoms with E-state index < -0.39 is 0 Å². The van der Waals surface area contributed by atoms with Crippen molar-refractivity contribution >= 4 is 22.4 Å². The van der Waals surface area contributed by atoms with E-state index in [2.05, 4.69) is 31.5 Å². The summed E-state index contributed by atoms with van der Waals surface area (Å²) in [6.45, 7) is 9.22. The summed E-state index contributed by atoms with van der Waals surface area (Å²) in [4.78, 5) is 20.5. The summed E-state index contributed by atoms with van der Waals surface area (Å²) in [7, 11) is 0. The molecule has 0 aromatic carbocycles. The van der Waals surface area contributed by atoms with Gasteiger partial charge in [-0.25, -0.2) is 4.98 Å². The van der Waals surface area contributed by atoms with Crippen LogP contribution < -0.4 is 4.90 Å². The molecule has 1 amide bonds. The largest absolute Gasteiger partial charge is 0.297 e. The number of thiazole rings is 1. The van der Waals surface area contributed by atoms with Gasteiger partial charge >= 0.3 is 0 Å². The van der Waals surface area contributed by atoms with Crippen LogP contribution in [0.1, 0.15) is 49.7 Å². The molecule has 1 aliphatic rings. The van der Waals surface area contributed by atoms with E-state index >= 15 is 0 Å². The summed E-state index contributed by atoms with van der Waals surface area (Å²) in [5.41, 5.74) is 3.34. The third-order valence-corrected chi connectivity index (χ3v) is 5.41. The number of amides is 1. The highest BCUT2D eigenvalue weighted by atomic mass is 32.1. The number of carbonyl (C=O) groups is 1. The minimum absolute atomic E-state index is 0.0466. The summed E-state index contributed by atoms with van der Waals surface area (Å²) in [6, 6.07) is 2.15. The number of likely N-dealkylation sites (tertiary alicyclic amines) is 1. The first-order chi connectivity index (χ1) is 11.6. The Morgan fingerprint density at radius 2 is 2.38 bits per heavy atom. The zero-order valence-electron chi connectivity index (χ0n) is 14.6. The first-order valence-electron chi connectivity index (χ1n) is 8.53. The molecule has 3 rings (SSSR count). The Morgan fingerprint density at radius 1 is 1.54 bits per heavy atom. The third kappa shape index (κ3) is 3.84. The lowest BCUT2D eigenvalue weighted by Crippen LogP contribution is -2.34. The first kappa shape index (κ1) is 17.1. The van der Waals surface area contributed by atoms with Crippen molar-refractivity contribution < 1.29 is 4.79 Å². The minimum Gasteiger partial charge on any atom is -0.297 e. The van der Waals surface area contributed by atoms with Crippen molar-refractivity contribution in [2.24, 2.45) is 0 Å². The van der Waals surface area contributed by atoms with Crippen molar-refractivity contribution in [3.8, 4) is 0 Å². The van der Waals surface area contributed by atoms with E-state index in [9.17, 15) is 4.79 Å². The average Bonchev–Trinajstić information content (AvgIpc) is 3.17. The standard InChI is InChI=1S/C17H25N5OS/c1-4-22(13(3)23)17-18-15(11-24-17)10-21-7-5-6-14(9-21)16-8-12(2)19-20-16/h8,11,14H,4-7,9-10H2,1-3H3,(H,19,20). The molecule has 0 radical (unpaired) electrons. The molecule has 1 saturated heterocycles. The number of aromatic amines is 1. The van der Waals surface area contributed by atoms with Gasteiger partial charge in [0.25, 0.3) is 0 Å². The monoisotopic (exact) mass is 347 g/mol. The zero-order valence-corrected chi connectivity index (χ0v) is 15.4. The van der Waals surface area contributed by atoms with Gasteiger partial charge in [-0.2, -0.15) is 5.10 Å². The Balaban J connectivity index is 1.63. The lowest BCUT2D eigenvalue weighted by Gasteiger charge is -2.31. The molecule has 1 unspecified atom stereocenters. The number of aryl methyl sites for hydroxylation is 1. The first-order valence-corrected chi connectivity index (χ1v) is 9.41. The second-order valence-corrected chi connectivity index (χ2v) is 7.27. The number of anilines is 1. The summed E-state index contributed by atoms with van der Waals surface area (Å²) < 4.78 is 0. The van der Waals surface area contributed by atoms with Gasteiger partial charge in [-0.3, -0.25) is 19.7 Å². The molecule has 6 nitrogen and oxygen atoms in total. The van der Waals surface area contributed by atoms with E-state index in [1.165, 1.54) is 18.5 Å². The predicted molar refractivity (Wildman–Crippen MR) is 96.4 cm³/mol. The Morgan fingerprint density at radius 3 is 3.04 bits per heavy atom. The SMILES string of the molecule is CCN(C(C)=O)c1nc(CN2CCCC(c3cc(C)[nH]n3)C2)cs1. The van der Waals surface area contributed by atoms with Crippen molar-refractivity contribution in [1.29, 1.82) is 0 Å². The fourth-order valence-corrected chi connectivity index (χ4v) is 4.23. The number of aromatic nitrogens is 3. The van der Waals surface area contributed by atoms with Crippen molar-refractivity contribution in [1.82, 2.24) is 20.1 Å². The topological polar surface area (TPSA) is 65.1 Å². The maximum absolute atomic E-state index is 11.6. The molecule has 1 atom stereocenters. The number of H-pyrrole nitrogens is 1. The highest BCUT2D eigenvalue weighted by molar-refractivity contribution is 7.14. The van der Waals surface area contributed by atoms with E-state index in [0.29, 0.717) is 12.5 Å². The molecule has 2 aromatic heterocycles. The maximum atomic E-state index is 11.6. The Kier molecular flexibility index (Phi) is 5.30. The number of hydrogen-bond donors (Lipinski definition) is 1. The number of hydrogen-bond acceptors (Lipinski definition) is 5. The molecular weight excluding hydrogens is 322 g/mol. The van der Waals surface area contributed by atoms with E-state index in [-0.39, 0.29) is 5.91 Å². The molecular formula is C17H25N5OS. The minimum atomic E-state index is 0.0466. The lowest BCUT2D eigenvalue weighted by atomic mass is 9.94. The number of carbonyl (C=O) groups excluding carboxylic acids is 1. The van der Waals surface area contributed by atoms with Crippen LogP contribution in [0.5, 0.6) is 0 Å². The summed E-state index contributed by atoms with van der Waals surface area (Å²) in [5, 5.41) is 10.4. The smallest absolute Gasteiger partial charge is 0.225 e. The molecule has 24 heavy (non-hydrogen) atoms. The van der Waals surface area contributed by atoms with Gasteiger partial charge in [0, 0.05) is 43.5 Å². The van der Waals surface area contributed by atoms with Gasteiger partial charge < -0.3 is 0 Å². The lowest BCUT2D eigenvalue weighted by molar-refractivity contribution is -0.116. The molecule has 1 N–H and O–H groups in total. The van der Waals surface area contributed by atoms with Crippen molar-refractivity contribution in [2.75, 3.05) is 24.5 Å². The van der Waals surface area contributed by atoms with E-state index in [1.54, 1.807) is 23.2 Å². The van der Waals surface area contributed by atoms with Gasteiger partial charge in [0.1, 0.15) is 0 Å². The quantitative estimate of drug-likeness (QED) is 0.903. The van der Waals surface area contributed by atoms with Crippen LogP contribution >= 0.6 is 11.3 Å². The molecule has 0 saturated carbocycles. The number of rotatable bonds is 5. The van der Waals surface area contributed by atoms with Gasteiger partial charge in [-0.1, -0.05) is 0 Å². The molecule has 1 fully saturated rings. The number of nitrogens with one attached hydrogen (secondary N) is 1. The Labute approximate surface area is 146 Å². The van der Waals surface area contributed by atoms with Gasteiger partial charge in [-0.05, 0) is 39.3 Å². The van der Waals surface area contributed by atoms with Crippen molar-refractivity contribution in [2.45, 2.75) is 46.1 Å². The van der Waals surface area contributed by atoms with E-state index in [4.69, 9.17) is 0 Å². The van der Waals surface area contributed by atoms with Crippen LogP contribution in [0.25, 0.3) is 0 Å². The van der Waals surface area contributed by atoms with E-state index in [0.717, 1.165) is 36.2 Å². The Bertz CT molecular complexity index is 695. The molecule has 130 valence electrons. The Hall–Kier alpha value is -1.73. The molecule has 7 heteroatoms. The van der Waals surface area contributed by atoms with E-state index in [1.807, 2.05) is 13.8 Å². The fourth-order valence-electron chi connectivity index (χ4n) is 3.30. The molecule has 1 aliphatic heterocycles. The summed E-state index contributed by atoms with van der Waals surface area (Å²) in [6.07, 6.45) is 2.37. The van der Waals surface area contributed by atoms with Crippen LogP contribution in [0.2, 0.25) is 0 Å². The predicted octanol–water partition coefficient (Wildman–Crippen LogP) is 2.93. The summed E-state index contributed by atoms with van der Waals surface area (Å²) >= 11 is 1.55. The van der Waals surface area contributed by atoms with Gasteiger partial charge in [0.15, 0.2) is 5.13 Å². The van der Waals surface area contributed by atoms with Crippen LogP contribution in [0.15, 0.2) is 11.4 Å². The second-order valence-electron chi connectivity index (χ2n) is 6.43. The van der Waals surface area contributed by atoms with Crippen LogP contribution in [0.3, 0.4) is 0 Å². The molecule has 0 bridgehead atoms. The van der Waals surface area contributed by atoms with Crippen molar-refractivity contribution in [3.05, 3.63) is 28.5 Å². The highest BCUT2D eigenvalue weighted by Crippen LogP contribution is 2.28. The van der Waals surface area contributed by atoms with Gasteiger partial charge in [0.2, 0.25) is 5.91 Å². The normalized spacial score (nSPS) is 18.7. The van der Waals surface area contributed by atoms with Crippen LogP contribution in [-0.4, -0.2) is 45.6 Å². The molecule has 0 spiro atoms. The third-order valence-electron chi connectivity index (χ3n) is 4.50. The second kappa shape index (κ2) is 7.44. The number of piperidine rings is 1. The van der Waals surface area contributed by atoms with Crippen LogP contribution in [-0.2, 0) is 11.3 Å². The highest BCUT2D eigenvalue weighted by Gasteiger charge is 2.24. The van der Waals surface area contributed by atoms with Crippen LogP contribution in [0.4, 0.5) is 5.13 Å². The number of nitrogens with zero attached hydrogens (tertiary/aromatic N) is 4. The van der Waals surface area contributed by atoms with Crippen molar-refractivity contribution in [3.63, 3.8) is 0 Å². The van der Waals surface area contributed by atoms with Crippen LogP contribution in [0, 0.1) is 6.92 Å². The zero-order chi connectivity index (χ0) is 17.1. The molecule has 3 heterocycles. The fraction of sp³-hybridized carbons (Fsp3) is 0.588. The average molecular weight is 347 g/mol. The summed E-state index contributed by atoms with van der Waals surface area (Å²) in [5.74, 6) is 0.538.